The standard InChI is InChI=1S/C19H18FN3O2/c1-22-18(24)16-14-8-13(10-2-3-10)15(9-21)23-19(14)25-17(16)11-4-6-12(20)7-5-11/h4-8,10H,2-3,9,21H2,1H3,(H,22,24). The molecule has 0 unspecified atom stereocenters. The molecule has 5 nitrogen and oxygen atoms in total. The number of halogens is 1. The molecule has 3 aromatic rings. The van der Waals surface area contributed by atoms with Crippen LogP contribution in [0.4, 0.5) is 4.39 Å². The molecular formula is C19H18FN3O2. The van der Waals surface area contributed by atoms with E-state index in [1.807, 2.05) is 6.07 Å². The number of pyridine rings is 1. The lowest BCUT2D eigenvalue weighted by molar-refractivity contribution is 0.0964. The number of carbonyl (C=O) groups is 1. The van der Waals surface area contributed by atoms with Crippen LogP contribution in [0.25, 0.3) is 22.4 Å². The zero-order valence-electron chi connectivity index (χ0n) is 13.8. The van der Waals surface area contributed by atoms with Crippen molar-refractivity contribution in [3.63, 3.8) is 0 Å². The van der Waals surface area contributed by atoms with E-state index >= 15 is 0 Å². The predicted molar refractivity (Wildman–Crippen MR) is 92.7 cm³/mol. The highest BCUT2D eigenvalue weighted by Crippen LogP contribution is 2.43. The number of furan rings is 1. The van der Waals surface area contributed by atoms with E-state index in [1.54, 1.807) is 19.2 Å². The zero-order chi connectivity index (χ0) is 17.6. The average molecular weight is 339 g/mol. The Kier molecular flexibility index (Phi) is 3.77. The van der Waals surface area contributed by atoms with Crippen LogP contribution in [-0.2, 0) is 6.54 Å². The lowest BCUT2D eigenvalue weighted by atomic mass is 10.0. The topological polar surface area (TPSA) is 81.2 Å². The SMILES string of the molecule is CNC(=O)c1c(-c2ccc(F)cc2)oc2nc(CN)c(C3CC3)cc12. The van der Waals surface area contributed by atoms with E-state index in [2.05, 4.69) is 10.3 Å². The molecule has 0 radical (unpaired) electrons. The number of amides is 1. The van der Waals surface area contributed by atoms with Gasteiger partial charge in [-0.05, 0) is 54.7 Å². The highest BCUT2D eigenvalue weighted by atomic mass is 19.1. The Morgan fingerprint density at radius 3 is 2.68 bits per heavy atom. The van der Waals surface area contributed by atoms with Gasteiger partial charge in [0.1, 0.15) is 11.6 Å². The van der Waals surface area contributed by atoms with Crippen molar-refractivity contribution in [2.45, 2.75) is 25.3 Å². The summed E-state index contributed by atoms with van der Waals surface area (Å²) in [6.45, 7) is 0.323. The number of benzene rings is 1. The molecule has 0 atom stereocenters. The van der Waals surface area contributed by atoms with Gasteiger partial charge >= 0.3 is 0 Å². The molecule has 2 aromatic heterocycles. The Balaban J connectivity index is 1.98. The van der Waals surface area contributed by atoms with Gasteiger partial charge in [0.25, 0.3) is 5.91 Å². The Labute approximate surface area is 144 Å². The third-order valence-electron chi connectivity index (χ3n) is 4.57. The van der Waals surface area contributed by atoms with Gasteiger partial charge in [0.05, 0.1) is 16.6 Å². The quantitative estimate of drug-likeness (QED) is 0.764. The van der Waals surface area contributed by atoms with E-state index in [0.29, 0.717) is 40.4 Å². The van der Waals surface area contributed by atoms with E-state index < -0.39 is 0 Å². The van der Waals surface area contributed by atoms with Gasteiger partial charge in [-0.1, -0.05) is 0 Å². The van der Waals surface area contributed by atoms with Crippen LogP contribution in [0, 0.1) is 5.82 Å². The summed E-state index contributed by atoms with van der Waals surface area (Å²) in [5, 5.41) is 3.31. The van der Waals surface area contributed by atoms with Crippen molar-refractivity contribution in [3.05, 3.63) is 53.0 Å². The fraction of sp³-hybridized carbons (Fsp3) is 0.263. The van der Waals surface area contributed by atoms with Crippen LogP contribution in [0.15, 0.2) is 34.7 Å². The lowest BCUT2D eigenvalue weighted by Crippen LogP contribution is -2.18. The zero-order valence-corrected chi connectivity index (χ0v) is 13.8. The van der Waals surface area contributed by atoms with Crippen LogP contribution in [0.3, 0.4) is 0 Å². The molecule has 0 spiro atoms. The van der Waals surface area contributed by atoms with Crippen LogP contribution in [-0.4, -0.2) is 17.9 Å². The van der Waals surface area contributed by atoms with Crippen molar-refractivity contribution in [1.82, 2.24) is 10.3 Å². The van der Waals surface area contributed by atoms with E-state index in [0.717, 1.165) is 24.1 Å². The summed E-state index contributed by atoms with van der Waals surface area (Å²) in [6, 6.07) is 7.83. The number of nitrogens with two attached hydrogens (primary N) is 1. The molecule has 1 aliphatic rings. The Bertz CT molecular complexity index is 959. The smallest absolute Gasteiger partial charge is 0.255 e. The molecule has 25 heavy (non-hydrogen) atoms. The molecule has 1 aromatic carbocycles. The highest BCUT2D eigenvalue weighted by molar-refractivity contribution is 6.10. The Morgan fingerprint density at radius 2 is 2.08 bits per heavy atom. The van der Waals surface area contributed by atoms with Crippen molar-refractivity contribution in [2.75, 3.05) is 7.05 Å². The molecular weight excluding hydrogens is 321 g/mol. The minimum absolute atomic E-state index is 0.262. The molecule has 0 saturated heterocycles. The maximum absolute atomic E-state index is 13.2. The summed E-state index contributed by atoms with van der Waals surface area (Å²) in [7, 11) is 1.57. The average Bonchev–Trinajstić information content (AvgIpc) is 3.41. The monoisotopic (exact) mass is 339 g/mol. The van der Waals surface area contributed by atoms with E-state index in [-0.39, 0.29) is 11.7 Å². The molecule has 1 fully saturated rings. The van der Waals surface area contributed by atoms with Crippen molar-refractivity contribution >= 4 is 17.0 Å². The van der Waals surface area contributed by atoms with Gasteiger partial charge < -0.3 is 15.5 Å². The van der Waals surface area contributed by atoms with Crippen molar-refractivity contribution in [2.24, 2.45) is 5.73 Å². The summed E-state index contributed by atoms with van der Waals surface area (Å²) < 4.78 is 19.1. The highest BCUT2D eigenvalue weighted by Gasteiger charge is 2.30. The van der Waals surface area contributed by atoms with E-state index in [1.165, 1.54) is 12.1 Å². The molecule has 128 valence electrons. The normalized spacial score (nSPS) is 14.0. The molecule has 1 aliphatic carbocycles. The fourth-order valence-corrected chi connectivity index (χ4v) is 3.14. The number of hydrogen-bond donors (Lipinski definition) is 2. The number of nitrogens with one attached hydrogen (secondary N) is 1. The first-order valence-corrected chi connectivity index (χ1v) is 8.26. The second kappa shape index (κ2) is 5.97. The first-order chi connectivity index (χ1) is 12.1. The molecule has 1 amide bonds. The van der Waals surface area contributed by atoms with Crippen LogP contribution in [0.2, 0.25) is 0 Å². The summed E-state index contributed by atoms with van der Waals surface area (Å²) in [4.78, 5) is 17.1. The fourth-order valence-electron chi connectivity index (χ4n) is 3.14. The van der Waals surface area contributed by atoms with Gasteiger partial charge in [-0.15, -0.1) is 0 Å². The summed E-state index contributed by atoms with van der Waals surface area (Å²) >= 11 is 0. The summed E-state index contributed by atoms with van der Waals surface area (Å²) in [6.07, 6.45) is 2.22. The number of carbonyl (C=O) groups excluding carboxylic acids is 1. The minimum Gasteiger partial charge on any atom is -0.437 e. The maximum Gasteiger partial charge on any atom is 0.255 e. The largest absolute Gasteiger partial charge is 0.437 e. The molecule has 3 N–H and O–H groups in total. The van der Waals surface area contributed by atoms with Crippen molar-refractivity contribution < 1.29 is 13.6 Å². The van der Waals surface area contributed by atoms with Crippen LogP contribution < -0.4 is 11.1 Å². The van der Waals surface area contributed by atoms with Crippen LogP contribution in [0.5, 0.6) is 0 Å². The number of rotatable bonds is 4. The van der Waals surface area contributed by atoms with Gasteiger partial charge in [-0.25, -0.2) is 9.37 Å². The summed E-state index contributed by atoms with van der Waals surface area (Å²) in [5.41, 5.74) is 9.16. The molecule has 4 rings (SSSR count). The Hall–Kier alpha value is -2.73. The van der Waals surface area contributed by atoms with Gasteiger partial charge in [0.15, 0.2) is 0 Å². The molecule has 1 saturated carbocycles. The number of aromatic nitrogens is 1. The van der Waals surface area contributed by atoms with Crippen LogP contribution in [0.1, 0.15) is 40.4 Å². The third kappa shape index (κ3) is 2.68. The van der Waals surface area contributed by atoms with Gasteiger partial charge in [-0.2, -0.15) is 0 Å². The van der Waals surface area contributed by atoms with E-state index in [4.69, 9.17) is 10.2 Å². The third-order valence-corrected chi connectivity index (χ3v) is 4.57. The minimum atomic E-state index is -0.346. The predicted octanol–water partition coefficient (Wildman–Crippen LogP) is 3.33. The first kappa shape index (κ1) is 15.8. The first-order valence-electron chi connectivity index (χ1n) is 8.26. The Morgan fingerprint density at radius 1 is 1.36 bits per heavy atom. The lowest BCUT2D eigenvalue weighted by Gasteiger charge is -2.06. The van der Waals surface area contributed by atoms with Gasteiger partial charge in [-0.3, -0.25) is 4.79 Å². The summed E-state index contributed by atoms with van der Waals surface area (Å²) in [5.74, 6) is 0.234. The van der Waals surface area contributed by atoms with Crippen LogP contribution >= 0.6 is 0 Å². The molecule has 2 heterocycles. The van der Waals surface area contributed by atoms with Crippen molar-refractivity contribution in [1.29, 1.82) is 0 Å². The molecule has 0 aliphatic heterocycles. The number of hydrogen-bond acceptors (Lipinski definition) is 4. The van der Waals surface area contributed by atoms with Crippen molar-refractivity contribution in [3.8, 4) is 11.3 Å². The molecule has 0 bridgehead atoms. The number of nitrogens with zero attached hydrogens (tertiary/aromatic N) is 1. The molecule has 6 heteroatoms. The second-order valence-corrected chi connectivity index (χ2v) is 6.25. The number of fused-ring (bicyclic) bond motifs is 1. The second-order valence-electron chi connectivity index (χ2n) is 6.25. The van der Waals surface area contributed by atoms with Gasteiger partial charge in [0, 0.05) is 19.2 Å². The van der Waals surface area contributed by atoms with Gasteiger partial charge in [0.2, 0.25) is 5.71 Å². The maximum atomic E-state index is 13.2. The van der Waals surface area contributed by atoms with E-state index in [9.17, 15) is 9.18 Å².